The van der Waals surface area contributed by atoms with Crippen LogP contribution in [0.2, 0.25) is 0 Å². The van der Waals surface area contributed by atoms with Crippen molar-refractivity contribution in [2.24, 2.45) is 0 Å². The second-order valence-electron chi connectivity index (χ2n) is 5.26. The molecule has 1 aliphatic heterocycles. The minimum atomic E-state index is -0.459. The fourth-order valence-corrected chi connectivity index (χ4v) is 2.36. The summed E-state index contributed by atoms with van der Waals surface area (Å²) in [6.45, 7) is 5.10. The van der Waals surface area contributed by atoms with E-state index in [0.717, 1.165) is 51.0 Å². The van der Waals surface area contributed by atoms with E-state index < -0.39 is 5.60 Å². The van der Waals surface area contributed by atoms with Crippen LogP contribution in [0, 0.1) is 0 Å². The molecule has 17 heavy (non-hydrogen) atoms. The van der Waals surface area contributed by atoms with Crippen LogP contribution in [0.1, 0.15) is 31.9 Å². The lowest BCUT2D eigenvalue weighted by Crippen LogP contribution is -2.30. The molecule has 1 unspecified atom stereocenters. The first-order chi connectivity index (χ1) is 8.16. The molecule has 1 aromatic heterocycles. The first kappa shape index (κ1) is 12.5. The van der Waals surface area contributed by atoms with Gasteiger partial charge in [-0.2, -0.15) is 0 Å². The third kappa shape index (κ3) is 4.10. The Morgan fingerprint density at radius 3 is 3.00 bits per heavy atom. The van der Waals surface area contributed by atoms with Crippen molar-refractivity contribution in [3.05, 3.63) is 30.1 Å². The molecule has 0 bridgehead atoms. The molecular weight excluding hydrogens is 212 g/mol. The van der Waals surface area contributed by atoms with Gasteiger partial charge in [0.1, 0.15) is 0 Å². The van der Waals surface area contributed by atoms with E-state index in [1.807, 2.05) is 25.3 Å². The van der Waals surface area contributed by atoms with Crippen LogP contribution in [-0.2, 0) is 6.42 Å². The molecule has 1 aliphatic rings. The highest BCUT2D eigenvalue weighted by Gasteiger charge is 2.24. The molecule has 3 nitrogen and oxygen atoms in total. The third-order valence-corrected chi connectivity index (χ3v) is 3.57. The smallest absolute Gasteiger partial charge is 0.0632 e. The van der Waals surface area contributed by atoms with Crippen LogP contribution in [0.15, 0.2) is 24.4 Å². The predicted octanol–water partition coefficient (Wildman–Crippen LogP) is 1.86. The minimum Gasteiger partial charge on any atom is -0.390 e. The standard InChI is InChI=1S/C14H22N2O/c1-14(17)7-4-10-16(12-8-14)11-6-13-5-2-3-9-15-13/h2-3,5,9,17H,4,6-8,10-12H2,1H3. The number of hydrogen-bond acceptors (Lipinski definition) is 3. The summed E-state index contributed by atoms with van der Waals surface area (Å²) in [6.07, 6.45) is 5.75. The first-order valence-electron chi connectivity index (χ1n) is 6.50. The van der Waals surface area contributed by atoms with E-state index in [0.29, 0.717) is 0 Å². The molecule has 1 fully saturated rings. The van der Waals surface area contributed by atoms with Crippen LogP contribution >= 0.6 is 0 Å². The van der Waals surface area contributed by atoms with Crippen LogP contribution in [0.5, 0.6) is 0 Å². The molecule has 1 atom stereocenters. The Bertz CT molecular complexity index is 337. The summed E-state index contributed by atoms with van der Waals surface area (Å²) in [5, 5.41) is 10.0. The number of likely N-dealkylation sites (tertiary alicyclic amines) is 1. The lowest BCUT2D eigenvalue weighted by atomic mass is 9.98. The van der Waals surface area contributed by atoms with Gasteiger partial charge in [0.05, 0.1) is 5.60 Å². The van der Waals surface area contributed by atoms with Gasteiger partial charge in [-0.05, 0) is 44.9 Å². The Morgan fingerprint density at radius 2 is 2.24 bits per heavy atom. The Labute approximate surface area is 103 Å². The van der Waals surface area contributed by atoms with Gasteiger partial charge < -0.3 is 10.0 Å². The molecule has 0 amide bonds. The summed E-state index contributed by atoms with van der Waals surface area (Å²) in [7, 11) is 0. The largest absolute Gasteiger partial charge is 0.390 e. The van der Waals surface area contributed by atoms with Crippen molar-refractivity contribution < 1.29 is 5.11 Å². The highest BCUT2D eigenvalue weighted by atomic mass is 16.3. The number of hydrogen-bond donors (Lipinski definition) is 1. The number of pyridine rings is 1. The van der Waals surface area contributed by atoms with Gasteiger partial charge >= 0.3 is 0 Å². The van der Waals surface area contributed by atoms with Gasteiger partial charge in [0.2, 0.25) is 0 Å². The molecule has 1 N–H and O–H groups in total. The number of aromatic nitrogens is 1. The number of rotatable bonds is 3. The monoisotopic (exact) mass is 234 g/mol. The Balaban J connectivity index is 1.80. The highest BCUT2D eigenvalue weighted by Crippen LogP contribution is 2.21. The average molecular weight is 234 g/mol. The van der Waals surface area contributed by atoms with E-state index in [1.54, 1.807) is 0 Å². The number of nitrogens with zero attached hydrogens (tertiary/aromatic N) is 2. The molecule has 0 aliphatic carbocycles. The van der Waals surface area contributed by atoms with E-state index in [-0.39, 0.29) is 0 Å². The van der Waals surface area contributed by atoms with Crippen molar-refractivity contribution in [3.63, 3.8) is 0 Å². The highest BCUT2D eigenvalue weighted by molar-refractivity contribution is 5.03. The molecule has 0 saturated carbocycles. The fraction of sp³-hybridized carbons (Fsp3) is 0.643. The molecule has 1 saturated heterocycles. The normalized spacial score (nSPS) is 26.7. The molecule has 1 aromatic rings. The van der Waals surface area contributed by atoms with Crippen LogP contribution < -0.4 is 0 Å². The van der Waals surface area contributed by atoms with Gasteiger partial charge in [-0.3, -0.25) is 4.98 Å². The van der Waals surface area contributed by atoms with Crippen LogP contribution in [0.4, 0.5) is 0 Å². The molecule has 0 spiro atoms. The summed E-state index contributed by atoms with van der Waals surface area (Å²) in [6, 6.07) is 6.07. The van der Waals surface area contributed by atoms with Gasteiger partial charge in [0, 0.05) is 31.4 Å². The van der Waals surface area contributed by atoms with E-state index in [1.165, 1.54) is 0 Å². The SMILES string of the molecule is CC1(O)CCCN(CCc2ccccn2)CC1. The Morgan fingerprint density at radius 1 is 1.35 bits per heavy atom. The lowest BCUT2D eigenvalue weighted by molar-refractivity contribution is 0.0447. The average Bonchev–Trinajstić information content (AvgIpc) is 2.49. The topological polar surface area (TPSA) is 36.4 Å². The zero-order valence-electron chi connectivity index (χ0n) is 10.6. The maximum Gasteiger partial charge on any atom is 0.0632 e. The molecule has 0 radical (unpaired) electrons. The maximum absolute atomic E-state index is 10.0. The maximum atomic E-state index is 10.0. The van der Waals surface area contributed by atoms with E-state index in [4.69, 9.17) is 0 Å². The summed E-state index contributed by atoms with van der Waals surface area (Å²) in [4.78, 5) is 6.78. The van der Waals surface area contributed by atoms with Gasteiger partial charge in [0.15, 0.2) is 0 Å². The minimum absolute atomic E-state index is 0.459. The predicted molar refractivity (Wildman–Crippen MR) is 68.9 cm³/mol. The Kier molecular flexibility index (Phi) is 4.13. The van der Waals surface area contributed by atoms with E-state index in [9.17, 15) is 5.11 Å². The van der Waals surface area contributed by atoms with Crippen LogP contribution in [0.25, 0.3) is 0 Å². The van der Waals surface area contributed by atoms with Crippen molar-refractivity contribution in [2.45, 2.75) is 38.2 Å². The summed E-state index contributed by atoms with van der Waals surface area (Å²) >= 11 is 0. The zero-order chi connectivity index (χ0) is 12.1. The van der Waals surface area contributed by atoms with Gasteiger partial charge in [-0.1, -0.05) is 6.07 Å². The number of aliphatic hydroxyl groups is 1. The van der Waals surface area contributed by atoms with Crippen molar-refractivity contribution in [3.8, 4) is 0 Å². The molecule has 2 heterocycles. The second-order valence-corrected chi connectivity index (χ2v) is 5.26. The first-order valence-corrected chi connectivity index (χ1v) is 6.50. The Hall–Kier alpha value is -0.930. The van der Waals surface area contributed by atoms with Gasteiger partial charge in [0.25, 0.3) is 0 Å². The van der Waals surface area contributed by atoms with Crippen molar-refractivity contribution in [2.75, 3.05) is 19.6 Å². The quantitative estimate of drug-likeness (QED) is 0.867. The van der Waals surface area contributed by atoms with Gasteiger partial charge in [-0.15, -0.1) is 0 Å². The zero-order valence-corrected chi connectivity index (χ0v) is 10.6. The van der Waals surface area contributed by atoms with Crippen molar-refractivity contribution in [1.82, 2.24) is 9.88 Å². The van der Waals surface area contributed by atoms with E-state index in [2.05, 4.69) is 16.0 Å². The third-order valence-electron chi connectivity index (χ3n) is 3.57. The van der Waals surface area contributed by atoms with E-state index >= 15 is 0 Å². The molecule has 2 rings (SSSR count). The summed E-state index contributed by atoms with van der Waals surface area (Å²) in [5.41, 5.74) is 0.697. The molecule has 3 heteroatoms. The van der Waals surface area contributed by atoms with Crippen molar-refractivity contribution in [1.29, 1.82) is 0 Å². The molecule has 94 valence electrons. The lowest BCUT2D eigenvalue weighted by Gasteiger charge is -2.22. The van der Waals surface area contributed by atoms with Gasteiger partial charge in [-0.25, -0.2) is 0 Å². The van der Waals surface area contributed by atoms with Crippen LogP contribution in [-0.4, -0.2) is 40.2 Å². The molecular formula is C14H22N2O. The van der Waals surface area contributed by atoms with Crippen molar-refractivity contribution >= 4 is 0 Å². The fourth-order valence-electron chi connectivity index (χ4n) is 2.36. The second kappa shape index (κ2) is 5.61. The summed E-state index contributed by atoms with van der Waals surface area (Å²) in [5.74, 6) is 0. The van der Waals surface area contributed by atoms with Crippen LogP contribution in [0.3, 0.4) is 0 Å². The molecule has 0 aromatic carbocycles. The summed E-state index contributed by atoms with van der Waals surface area (Å²) < 4.78 is 0.